The number of para-hydroxylation sites is 1. The Hall–Kier alpha value is -1.79. The van der Waals surface area contributed by atoms with Crippen molar-refractivity contribution in [3.63, 3.8) is 0 Å². The van der Waals surface area contributed by atoms with E-state index in [1.807, 2.05) is 36.4 Å². The van der Waals surface area contributed by atoms with Gasteiger partial charge in [0.2, 0.25) is 0 Å². The maximum absolute atomic E-state index is 12.6. The third-order valence-electron chi connectivity index (χ3n) is 4.65. The summed E-state index contributed by atoms with van der Waals surface area (Å²) in [6.07, 6.45) is 1.65. The van der Waals surface area contributed by atoms with Crippen molar-refractivity contribution in [2.45, 2.75) is 6.67 Å². The molecule has 0 bridgehead atoms. The number of hydrogen-bond donors (Lipinski definition) is 0. The van der Waals surface area contributed by atoms with Crippen molar-refractivity contribution >= 4 is 53.0 Å². The van der Waals surface area contributed by atoms with Gasteiger partial charge in [-0.3, -0.25) is 14.3 Å². The fourth-order valence-electron chi connectivity index (χ4n) is 3.22. The molecule has 0 saturated carbocycles. The van der Waals surface area contributed by atoms with Crippen LogP contribution >= 0.6 is 36.4 Å². The normalized spacial score (nSPS) is 14.5. The molecule has 0 N–H and O–H groups in total. The molecule has 1 aromatic heterocycles. The summed E-state index contributed by atoms with van der Waals surface area (Å²) in [7, 11) is 0. The minimum Gasteiger partial charge on any atom is -0.369 e. The summed E-state index contributed by atoms with van der Waals surface area (Å²) in [6, 6.07) is 15.4. The van der Waals surface area contributed by atoms with E-state index < -0.39 is 0 Å². The Balaban J connectivity index is 0.00000131. The van der Waals surface area contributed by atoms with Gasteiger partial charge in [-0.1, -0.05) is 23.7 Å². The molecular formula is C19H21Cl3N4O. The third kappa shape index (κ3) is 4.74. The summed E-state index contributed by atoms with van der Waals surface area (Å²) < 4.78 is 1.69. The molecule has 0 amide bonds. The summed E-state index contributed by atoms with van der Waals surface area (Å²) in [5, 5.41) is 1.43. The van der Waals surface area contributed by atoms with Crippen LogP contribution in [0.25, 0.3) is 10.9 Å². The fraction of sp³-hybridized carbons (Fsp3) is 0.263. The van der Waals surface area contributed by atoms with Crippen LogP contribution in [0.15, 0.2) is 59.7 Å². The summed E-state index contributed by atoms with van der Waals surface area (Å²) in [5.74, 6) is 0. The highest BCUT2D eigenvalue weighted by Crippen LogP contribution is 2.19. The Kier molecular flexibility index (Phi) is 7.50. The molecule has 3 aromatic rings. The second-order valence-corrected chi connectivity index (χ2v) is 6.70. The minimum atomic E-state index is 0. The highest BCUT2D eigenvalue weighted by Gasteiger charge is 2.18. The molecule has 27 heavy (non-hydrogen) atoms. The number of piperazine rings is 1. The second kappa shape index (κ2) is 9.42. The van der Waals surface area contributed by atoms with Crippen LogP contribution < -0.4 is 10.5 Å². The molecular weight excluding hydrogens is 407 g/mol. The number of benzene rings is 2. The van der Waals surface area contributed by atoms with Gasteiger partial charge in [-0.05, 0) is 36.4 Å². The molecule has 144 valence electrons. The number of rotatable bonds is 3. The lowest BCUT2D eigenvalue weighted by Crippen LogP contribution is -2.47. The van der Waals surface area contributed by atoms with Crippen LogP contribution in [0.4, 0.5) is 5.69 Å². The van der Waals surface area contributed by atoms with E-state index >= 15 is 0 Å². The van der Waals surface area contributed by atoms with E-state index in [2.05, 4.69) is 26.9 Å². The van der Waals surface area contributed by atoms with E-state index in [1.54, 1.807) is 10.9 Å². The van der Waals surface area contributed by atoms with Crippen LogP contribution in [0, 0.1) is 0 Å². The molecule has 8 heteroatoms. The van der Waals surface area contributed by atoms with E-state index in [9.17, 15) is 4.79 Å². The summed E-state index contributed by atoms with van der Waals surface area (Å²) >= 11 is 5.96. The average Bonchev–Trinajstić information content (AvgIpc) is 2.66. The monoisotopic (exact) mass is 426 g/mol. The molecule has 0 unspecified atom stereocenters. The van der Waals surface area contributed by atoms with Crippen LogP contribution in [0.1, 0.15) is 0 Å². The van der Waals surface area contributed by atoms with Gasteiger partial charge in [0, 0.05) is 36.9 Å². The molecule has 1 fully saturated rings. The van der Waals surface area contributed by atoms with Crippen molar-refractivity contribution in [1.29, 1.82) is 0 Å². The summed E-state index contributed by atoms with van der Waals surface area (Å²) in [4.78, 5) is 21.6. The number of halogens is 3. The lowest BCUT2D eigenvalue weighted by atomic mass is 10.2. The number of aromatic nitrogens is 2. The van der Waals surface area contributed by atoms with Gasteiger partial charge in [-0.25, -0.2) is 4.98 Å². The second-order valence-electron chi connectivity index (χ2n) is 6.26. The molecule has 1 aliphatic heterocycles. The maximum atomic E-state index is 12.6. The summed E-state index contributed by atoms with van der Waals surface area (Å²) in [6.45, 7) is 4.24. The minimum absolute atomic E-state index is 0. The zero-order chi connectivity index (χ0) is 17.2. The smallest absolute Gasteiger partial charge is 0.262 e. The molecule has 2 heterocycles. The molecule has 5 nitrogen and oxygen atoms in total. The SMILES string of the molecule is Cl.Cl.O=c1c2ccccc2ncn1CN1CCN(c2ccc(Cl)cc2)CC1. The molecule has 0 aliphatic carbocycles. The van der Waals surface area contributed by atoms with Crippen molar-refractivity contribution in [1.82, 2.24) is 14.5 Å². The van der Waals surface area contributed by atoms with E-state index in [4.69, 9.17) is 11.6 Å². The Morgan fingerprint density at radius 2 is 1.59 bits per heavy atom. The molecule has 1 saturated heterocycles. The van der Waals surface area contributed by atoms with Gasteiger partial charge in [0.15, 0.2) is 0 Å². The molecule has 0 radical (unpaired) electrons. The van der Waals surface area contributed by atoms with Crippen molar-refractivity contribution in [3.05, 3.63) is 70.2 Å². The maximum Gasteiger partial charge on any atom is 0.262 e. The van der Waals surface area contributed by atoms with Gasteiger partial charge >= 0.3 is 0 Å². The van der Waals surface area contributed by atoms with Crippen LogP contribution in [0.5, 0.6) is 0 Å². The zero-order valence-corrected chi connectivity index (χ0v) is 17.0. The standard InChI is InChI=1S/C19H19ClN4O.2ClH/c20-15-5-7-16(8-6-15)23-11-9-22(10-12-23)14-24-13-21-18-4-2-1-3-17(18)19(24)25;;/h1-8,13H,9-12,14H2;2*1H. The molecule has 4 rings (SSSR count). The lowest BCUT2D eigenvalue weighted by Gasteiger charge is -2.36. The van der Waals surface area contributed by atoms with Gasteiger partial charge in [-0.15, -0.1) is 24.8 Å². The Morgan fingerprint density at radius 1 is 0.926 bits per heavy atom. The van der Waals surface area contributed by atoms with Gasteiger partial charge in [0.25, 0.3) is 5.56 Å². The first-order valence-electron chi connectivity index (χ1n) is 8.38. The topological polar surface area (TPSA) is 41.4 Å². The van der Waals surface area contributed by atoms with Gasteiger partial charge < -0.3 is 4.90 Å². The van der Waals surface area contributed by atoms with Gasteiger partial charge in [0.05, 0.1) is 23.9 Å². The van der Waals surface area contributed by atoms with E-state index in [0.29, 0.717) is 12.1 Å². The third-order valence-corrected chi connectivity index (χ3v) is 4.90. The lowest BCUT2D eigenvalue weighted by molar-refractivity contribution is 0.203. The number of fused-ring (bicyclic) bond motifs is 1. The van der Waals surface area contributed by atoms with Crippen molar-refractivity contribution in [2.24, 2.45) is 0 Å². The van der Waals surface area contributed by atoms with E-state index in [0.717, 1.165) is 36.7 Å². The van der Waals surface area contributed by atoms with Crippen molar-refractivity contribution in [2.75, 3.05) is 31.1 Å². The highest BCUT2D eigenvalue weighted by molar-refractivity contribution is 6.30. The highest BCUT2D eigenvalue weighted by atomic mass is 35.5. The average molecular weight is 428 g/mol. The predicted octanol–water partition coefficient (Wildman–Crippen LogP) is 3.67. The molecule has 0 spiro atoms. The Bertz CT molecular complexity index is 938. The van der Waals surface area contributed by atoms with Gasteiger partial charge in [-0.2, -0.15) is 0 Å². The van der Waals surface area contributed by atoms with E-state index in [1.165, 1.54) is 5.69 Å². The van der Waals surface area contributed by atoms with Crippen molar-refractivity contribution < 1.29 is 0 Å². The van der Waals surface area contributed by atoms with Crippen molar-refractivity contribution in [3.8, 4) is 0 Å². The Morgan fingerprint density at radius 3 is 2.30 bits per heavy atom. The van der Waals surface area contributed by atoms with Gasteiger partial charge in [0.1, 0.15) is 0 Å². The van der Waals surface area contributed by atoms with Crippen LogP contribution in [0.2, 0.25) is 5.02 Å². The number of anilines is 1. The van der Waals surface area contributed by atoms with Crippen LogP contribution in [-0.4, -0.2) is 40.6 Å². The number of nitrogens with zero attached hydrogens (tertiary/aromatic N) is 4. The first-order chi connectivity index (χ1) is 12.2. The zero-order valence-electron chi connectivity index (χ0n) is 14.6. The van der Waals surface area contributed by atoms with Crippen LogP contribution in [-0.2, 0) is 6.67 Å². The molecule has 2 aromatic carbocycles. The molecule has 1 aliphatic rings. The first kappa shape index (κ1) is 21.5. The Labute approximate surface area is 175 Å². The summed E-state index contributed by atoms with van der Waals surface area (Å²) in [5.41, 5.74) is 1.95. The molecule has 0 atom stereocenters. The quantitative estimate of drug-likeness (QED) is 0.639. The predicted molar refractivity (Wildman–Crippen MR) is 116 cm³/mol. The largest absolute Gasteiger partial charge is 0.369 e. The number of hydrogen-bond acceptors (Lipinski definition) is 4. The fourth-order valence-corrected chi connectivity index (χ4v) is 3.35. The van der Waals surface area contributed by atoms with E-state index in [-0.39, 0.29) is 30.4 Å². The van der Waals surface area contributed by atoms with Crippen LogP contribution in [0.3, 0.4) is 0 Å². The first-order valence-corrected chi connectivity index (χ1v) is 8.75.